The van der Waals surface area contributed by atoms with E-state index in [1.807, 2.05) is 0 Å². The Labute approximate surface area is 166 Å². The number of urea groups is 2. The molecule has 10 heteroatoms. The predicted molar refractivity (Wildman–Crippen MR) is 104 cm³/mol. The number of ether oxygens (including phenoxy) is 2. The maximum absolute atomic E-state index is 11.8. The number of hydrogen-bond donors (Lipinski definition) is 0. The summed E-state index contributed by atoms with van der Waals surface area (Å²) in [7, 11) is 9.71. The first-order valence-corrected chi connectivity index (χ1v) is 8.78. The second-order valence-corrected chi connectivity index (χ2v) is 6.87. The van der Waals surface area contributed by atoms with Crippen LogP contribution in [0.3, 0.4) is 0 Å². The second-order valence-electron chi connectivity index (χ2n) is 6.87. The molecule has 0 unspecified atom stereocenters. The Bertz CT molecular complexity index is 541. The minimum absolute atomic E-state index is 0.0111. The third-order valence-corrected chi connectivity index (χ3v) is 3.98. The molecule has 0 aromatic carbocycles. The van der Waals surface area contributed by atoms with Crippen molar-refractivity contribution < 1.29 is 28.7 Å². The van der Waals surface area contributed by atoms with E-state index in [1.165, 1.54) is 19.6 Å². The van der Waals surface area contributed by atoms with Crippen molar-refractivity contribution in [3.05, 3.63) is 12.2 Å². The molecular formula is C18H32N4O6. The highest BCUT2D eigenvalue weighted by Gasteiger charge is 2.19. The third kappa shape index (κ3) is 8.74. The molecule has 0 bridgehead atoms. The first-order chi connectivity index (χ1) is 12.9. The van der Waals surface area contributed by atoms with Crippen LogP contribution in [0.15, 0.2) is 12.2 Å². The monoisotopic (exact) mass is 400 g/mol. The van der Waals surface area contributed by atoms with Crippen molar-refractivity contribution in [3.63, 3.8) is 0 Å². The Morgan fingerprint density at radius 3 is 1.21 bits per heavy atom. The lowest BCUT2D eigenvalue weighted by atomic mass is 10.3. The van der Waals surface area contributed by atoms with Gasteiger partial charge in [-0.2, -0.15) is 0 Å². The molecule has 10 nitrogen and oxygen atoms in total. The highest BCUT2D eigenvalue weighted by Crippen LogP contribution is 2.02. The van der Waals surface area contributed by atoms with Gasteiger partial charge in [0, 0.05) is 54.4 Å². The van der Waals surface area contributed by atoms with Gasteiger partial charge in [-0.05, 0) is 13.8 Å². The van der Waals surface area contributed by atoms with E-state index >= 15 is 0 Å². The van der Waals surface area contributed by atoms with Crippen molar-refractivity contribution in [2.45, 2.75) is 25.9 Å². The van der Waals surface area contributed by atoms with Gasteiger partial charge in [0.1, 0.15) is 13.2 Å². The summed E-state index contributed by atoms with van der Waals surface area (Å²) in [5.41, 5.74) is 0. The van der Waals surface area contributed by atoms with Crippen molar-refractivity contribution >= 4 is 24.0 Å². The molecule has 4 amide bonds. The van der Waals surface area contributed by atoms with Gasteiger partial charge in [-0.3, -0.25) is 0 Å². The zero-order valence-electron chi connectivity index (χ0n) is 18.0. The molecule has 160 valence electrons. The van der Waals surface area contributed by atoms with Crippen LogP contribution in [0.1, 0.15) is 13.8 Å². The Hall–Kier alpha value is -2.78. The van der Waals surface area contributed by atoms with Gasteiger partial charge >= 0.3 is 24.0 Å². The molecule has 0 spiro atoms. The number of carbonyl (C=O) groups excluding carboxylic acids is 4. The summed E-state index contributed by atoms with van der Waals surface area (Å²) in [6, 6.07) is -1.08. The standard InChI is InChI=1S/C18H32N4O6/c1-13(21(7)17(25)19(3)4)11-27-15(23)9-10-16(24)28-12-14(2)22(8)18(26)20(5)6/h9-10,13-14H,11-12H2,1-8H3/b10-9+/t13-,14-/m0/s1. The van der Waals surface area contributed by atoms with Crippen LogP contribution in [0.2, 0.25) is 0 Å². The van der Waals surface area contributed by atoms with E-state index in [0.29, 0.717) is 0 Å². The maximum Gasteiger partial charge on any atom is 0.331 e. The Kier molecular flexibility index (Phi) is 10.7. The number of nitrogens with zero attached hydrogens (tertiary/aromatic N) is 4. The lowest BCUT2D eigenvalue weighted by molar-refractivity contribution is -0.141. The molecular weight excluding hydrogens is 368 g/mol. The number of rotatable bonds is 8. The fourth-order valence-corrected chi connectivity index (χ4v) is 1.87. The van der Waals surface area contributed by atoms with Crippen LogP contribution in [0, 0.1) is 0 Å². The molecule has 0 saturated heterocycles. The van der Waals surface area contributed by atoms with E-state index in [1.54, 1.807) is 56.1 Å². The fraction of sp³-hybridized carbons (Fsp3) is 0.667. The second kappa shape index (κ2) is 11.8. The maximum atomic E-state index is 11.8. The van der Waals surface area contributed by atoms with E-state index in [4.69, 9.17) is 9.47 Å². The molecule has 0 aliphatic rings. The molecule has 0 fully saturated rings. The van der Waals surface area contributed by atoms with Crippen molar-refractivity contribution in [2.24, 2.45) is 0 Å². The number of hydrogen-bond acceptors (Lipinski definition) is 6. The summed E-state index contributed by atoms with van der Waals surface area (Å²) >= 11 is 0. The quantitative estimate of drug-likeness (QED) is 0.438. The normalized spacial score (nSPS) is 12.7. The van der Waals surface area contributed by atoms with Crippen LogP contribution >= 0.6 is 0 Å². The van der Waals surface area contributed by atoms with Crippen molar-refractivity contribution in [1.29, 1.82) is 0 Å². The SMILES string of the molecule is C[C@@H](COC(=O)/C=C/C(=O)OC[C@H](C)N(C)C(=O)N(C)C)N(C)C(=O)N(C)C. The van der Waals surface area contributed by atoms with Crippen molar-refractivity contribution in [2.75, 3.05) is 55.5 Å². The fourth-order valence-electron chi connectivity index (χ4n) is 1.87. The highest BCUT2D eigenvalue weighted by atomic mass is 16.5. The molecule has 0 rings (SSSR count). The predicted octanol–water partition coefficient (Wildman–Crippen LogP) is 0.633. The average Bonchev–Trinajstić information content (AvgIpc) is 2.65. The first-order valence-electron chi connectivity index (χ1n) is 8.78. The van der Waals surface area contributed by atoms with Crippen molar-refractivity contribution in [3.8, 4) is 0 Å². The molecule has 28 heavy (non-hydrogen) atoms. The van der Waals surface area contributed by atoms with Gasteiger partial charge in [-0.1, -0.05) is 0 Å². The summed E-state index contributed by atoms with van der Waals surface area (Å²) in [5, 5.41) is 0. The highest BCUT2D eigenvalue weighted by molar-refractivity contribution is 5.91. The van der Waals surface area contributed by atoms with Gasteiger partial charge in [-0.15, -0.1) is 0 Å². The van der Waals surface area contributed by atoms with Gasteiger partial charge < -0.3 is 29.1 Å². The average molecular weight is 400 g/mol. The number of likely N-dealkylation sites (N-methyl/N-ethyl adjacent to an activating group) is 2. The van der Waals surface area contributed by atoms with Gasteiger partial charge in [0.2, 0.25) is 0 Å². The van der Waals surface area contributed by atoms with E-state index < -0.39 is 11.9 Å². The van der Waals surface area contributed by atoms with Gasteiger partial charge in [0.25, 0.3) is 0 Å². The summed E-state index contributed by atoms with van der Waals surface area (Å²) in [5.74, 6) is -1.44. The Morgan fingerprint density at radius 1 is 0.679 bits per heavy atom. The zero-order valence-corrected chi connectivity index (χ0v) is 18.0. The van der Waals surface area contributed by atoms with E-state index in [9.17, 15) is 19.2 Å². The Balaban J connectivity index is 4.35. The Morgan fingerprint density at radius 2 is 0.964 bits per heavy atom. The van der Waals surface area contributed by atoms with Crippen LogP contribution in [0.5, 0.6) is 0 Å². The van der Waals surface area contributed by atoms with Gasteiger partial charge in [0.05, 0.1) is 12.1 Å². The smallest absolute Gasteiger partial charge is 0.331 e. The van der Waals surface area contributed by atoms with Crippen LogP contribution in [0.4, 0.5) is 9.59 Å². The first kappa shape index (κ1) is 25.2. The third-order valence-electron chi connectivity index (χ3n) is 3.98. The molecule has 0 aromatic rings. The number of carbonyl (C=O) groups is 4. The van der Waals surface area contributed by atoms with Crippen LogP contribution in [0.25, 0.3) is 0 Å². The van der Waals surface area contributed by atoms with Crippen LogP contribution in [-0.2, 0) is 19.1 Å². The molecule has 0 N–H and O–H groups in total. The van der Waals surface area contributed by atoms with Crippen LogP contribution in [-0.4, -0.2) is 111 Å². The summed E-state index contributed by atoms with van der Waals surface area (Å²) in [4.78, 5) is 52.7. The molecule has 0 aromatic heterocycles. The summed E-state index contributed by atoms with van der Waals surface area (Å²) < 4.78 is 10.0. The minimum atomic E-state index is -0.720. The molecule has 0 radical (unpaired) electrons. The molecule has 0 aliphatic carbocycles. The summed E-state index contributed by atoms with van der Waals surface area (Å²) in [6.45, 7) is 3.45. The van der Waals surface area contributed by atoms with Crippen molar-refractivity contribution in [1.82, 2.24) is 19.6 Å². The molecule has 0 saturated carbocycles. The van der Waals surface area contributed by atoms with E-state index in [0.717, 1.165) is 12.2 Å². The zero-order chi connectivity index (χ0) is 22.0. The van der Waals surface area contributed by atoms with Gasteiger partial charge in [0.15, 0.2) is 0 Å². The number of amides is 4. The van der Waals surface area contributed by atoms with Gasteiger partial charge in [-0.25, -0.2) is 19.2 Å². The molecule has 2 atom stereocenters. The lowest BCUT2D eigenvalue weighted by Gasteiger charge is -2.27. The largest absolute Gasteiger partial charge is 0.460 e. The summed E-state index contributed by atoms with van der Waals surface area (Å²) in [6.07, 6.45) is 1.92. The van der Waals surface area contributed by atoms with E-state index in [2.05, 4.69) is 0 Å². The minimum Gasteiger partial charge on any atom is -0.460 e. The topological polar surface area (TPSA) is 99.7 Å². The number of esters is 2. The van der Waals surface area contributed by atoms with E-state index in [-0.39, 0.29) is 37.4 Å². The van der Waals surface area contributed by atoms with Crippen LogP contribution < -0.4 is 0 Å². The lowest BCUT2D eigenvalue weighted by Crippen LogP contribution is -2.43. The molecule has 0 aliphatic heterocycles. The molecule has 0 heterocycles.